The minimum atomic E-state index is 0.271. The second-order valence-corrected chi connectivity index (χ2v) is 7.42. The largest absolute Gasteiger partial charge is 0.353 e. The van der Waals surface area contributed by atoms with Crippen LogP contribution in [0.25, 0.3) is 0 Å². The normalized spacial score (nSPS) is 19.0. The van der Waals surface area contributed by atoms with Gasteiger partial charge in [0, 0.05) is 36.3 Å². The molecule has 0 bridgehead atoms. The van der Waals surface area contributed by atoms with Crippen LogP contribution in [0.5, 0.6) is 0 Å². The molecular formula is C13H20ClN3S. The Kier molecular flexibility index (Phi) is 4.41. The molecule has 5 heteroatoms. The molecule has 2 rings (SSSR count). The summed E-state index contributed by atoms with van der Waals surface area (Å²) in [5, 5.41) is 3.86. The van der Waals surface area contributed by atoms with E-state index in [4.69, 9.17) is 11.6 Å². The molecule has 0 amide bonds. The van der Waals surface area contributed by atoms with Crippen LogP contribution in [-0.4, -0.2) is 35.6 Å². The predicted octanol–water partition coefficient (Wildman–Crippen LogP) is 2.79. The Morgan fingerprint density at radius 1 is 1.56 bits per heavy atom. The lowest BCUT2D eigenvalue weighted by Gasteiger charge is -2.38. The van der Waals surface area contributed by atoms with E-state index in [9.17, 15) is 0 Å². The Morgan fingerprint density at radius 3 is 2.94 bits per heavy atom. The van der Waals surface area contributed by atoms with Gasteiger partial charge in [0.1, 0.15) is 5.82 Å². The van der Waals surface area contributed by atoms with Crippen molar-refractivity contribution in [1.29, 1.82) is 0 Å². The van der Waals surface area contributed by atoms with Crippen LogP contribution in [0.4, 0.5) is 5.82 Å². The summed E-state index contributed by atoms with van der Waals surface area (Å²) >= 11 is 8.37. The molecule has 1 N–H and O–H groups in total. The molecule has 18 heavy (non-hydrogen) atoms. The first-order valence-electron chi connectivity index (χ1n) is 6.20. The fraction of sp³-hybridized carbons (Fsp3) is 0.615. The van der Waals surface area contributed by atoms with Crippen LogP contribution in [-0.2, 0) is 6.54 Å². The van der Waals surface area contributed by atoms with Crippen LogP contribution in [0, 0.1) is 0 Å². The van der Waals surface area contributed by atoms with Crippen molar-refractivity contribution in [3.8, 4) is 0 Å². The third-order valence-corrected chi connectivity index (χ3v) is 4.56. The Bertz CT molecular complexity index is 423. The van der Waals surface area contributed by atoms with Gasteiger partial charge in [0.15, 0.2) is 0 Å². The molecule has 0 unspecified atom stereocenters. The molecule has 0 aromatic carbocycles. The van der Waals surface area contributed by atoms with Crippen LogP contribution in [0.3, 0.4) is 0 Å². The fourth-order valence-electron chi connectivity index (χ4n) is 2.20. The van der Waals surface area contributed by atoms with E-state index in [-0.39, 0.29) is 4.75 Å². The molecule has 0 radical (unpaired) electrons. The Morgan fingerprint density at radius 2 is 2.33 bits per heavy atom. The van der Waals surface area contributed by atoms with E-state index in [1.165, 1.54) is 0 Å². The minimum Gasteiger partial charge on any atom is -0.353 e. The van der Waals surface area contributed by atoms with E-state index in [1.54, 1.807) is 0 Å². The van der Waals surface area contributed by atoms with E-state index in [2.05, 4.69) is 29.0 Å². The van der Waals surface area contributed by atoms with E-state index in [1.807, 2.05) is 31.1 Å². The molecule has 0 atom stereocenters. The molecule has 1 aromatic heterocycles. The molecule has 3 nitrogen and oxygen atoms in total. The van der Waals surface area contributed by atoms with Crippen LogP contribution >= 0.6 is 23.4 Å². The summed E-state index contributed by atoms with van der Waals surface area (Å²) in [5.74, 6) is 2.05. The minimum absolute atomic E-state index is 0.271. The monoisotopic (exact) mass is 285 g/mol. The van der Waals surface area contributed by atoms with Crippen LogP contribution in [0.1, 0.15) is 19.4 Å². The van der Waals surface area contributed by atoms with Gasteiger partial charge in [-0.3, -0.25) is 0 Å². The number of hydrogen-bond donors (Lipinski definition) is 1. The van der Waals surface area contributed by atoms with Gasteiger partial charge in [0.2, 0.25) is 0 Å². The second kappa shape index (κ2) is 5.68. The van der Waals surface area contributed by atoms with Gasteiger partial charge in [0.05, 0.1) is 5.02 Å². The quantitative estimate of drug-likeness (QED) is 0.924. The molecule has 2 heterocycles. The van der Waals surface area contributed by atoms with E-state index >= 15 is 0 Å². The van der Waals surface area contributed by atoms with Crippen molar-refractivity contribution in [3.05, 3.63) is 22.8 Å². The summed E-state index contributed by atoms with van der Waals surface area (Å²) in [6.45, 7) is 7.36. The number of halogens is 1. The summed E-state index contributed by atoms with van der Waals surface area (Å²) in [6, 6.07) is 2.01. The van der Waals surface area contributed by atoms with Crippen LogP contribution in [0.15, 0.2) is 12.3 Å². The first-order chi connectivity index (χ1) is 8.52. The zero-order valence-electron chi connectivity index (χ0n) is 11.2. The highest BCUT2D eigenvalue weighted by Crippen LogP contribution is 2.34. The maximum Gasteiger partial charge on any atom is 0.147 e. The molecule has 0 spiro atoms. The number of pyridine rings is 1. The van der Waals surface area contributed by atoms with Gasteiger partial charge in [-0.05, 0) is 32.5 Å². The van der Waals surface area contributed by atoms with Gasteiger partial charge >= 0.3 is 0 Å². The summed E-state index contributed by atoms with van der Waals surface area (Å²) < 4.78 is 0.271. The third kappa shape index (κ3) is 3.31. The first kappa shape index (κ1) is 14.0. The standard InChI is InChI=1S/C13H20ClN3S/c1-13(2)9-17(4-5-18-13)12-11(14)6-10(7-15-3)8-16-12/h6,8,15H,4-5,7,9H2,1-3H3. The van der Waals surface area contributed by atoms with Crippen molar-refractivity contribution in [2.45, 2.75) is 25.1 Å². The average Bonchev–Trinajstić information content (AvgIpc) is 2.28. The van der Waals surface area contributed by atoms with Gasteiger partial charge in [-0.15, -0.1) is 0 Å². The lowest BCUT2D eigenvalue weighted by Crippen LogP contribution is -2.43. The smallest absolute Gasteiger partial charge is 0.147 e. The maximum absolute atomic E-state index is 6.35. The molecule has 1 aliphatic heterocycles. The Labute approximate surface area is 118 Å². The van der Waals surface area contributed by atoms with Gasteiger partial charge in [0.25, 0.3) is 0 Å². The van der Waals surface area contributed by atoms with Crippen LogP contribution < -0.4 is 10.2 Å². The SMILES string of the molecule is CNCc1cnc(N2CCSC(C)(C)C2)c(Cl)c1. The van der Waals surface area contributed by atoms with Crippen molar-refractivity contribution in [1.82, 2.24) is 10.3 Å². The van der Waals surface area contributed by atoms with E-state index in [0.29, 0.717) is 0 Å². The van der Waals surface area contributed by atoms with Gasteiger partial charge in [-0.1, -0.05) is 11.6 Å². The average molecular weight is 286 g/mol. The molecular weight excluding hydrogens is 266 g/mol. The first-order valence-corrected chi connectivity index (χ1v) is 7.56. The number of anilines is 1. The zero-order chi connectivity index (χ0) is 13.2. The highest BCUT2D eigenvalue weighted by atomic mass is 35.5. The molecule has 1 fully saturated rings. The molecule has 100 valence electrons. The van der Waals surface area contributed by atoms with Crippen LogP contribution in [0.2, 0.25) is 5.02 Å². The highest BCUT2D eigenvalue weighted by Gasteiger charge is 2.28. The van der Waals surface area contributed by atoms with Crippen molar-refractivity contribution in [2.75, 3.05) is 30.8 Å². The van der Waals surface area contributed by atoms with Gasteiger partial charge in [-0.2, -0.15) is 11.8 Å². The van der Waals surface area contributed by atoms with Crippen molar-refractivity contribution >= 4 is 29.2 Å². The number of hydrogen-bond acceptors (Lipinski definition) is 4. The third-order valence-electron chi connectivity index (χ3n) is 2.98. The maximum atomic E-state index is 6.35. The molecule has 1 saturated heterocycles. The van der Waals surface area contributed by atoms with Crippen molar-refractivity contribution < 1.29 is 0 Å². The van der Waals surface area contributed by atoms with E-state index in [0.717, 1.165) is 41.8 Å². The summed E-state index contributed by atoms with van der Waals surface area (Å²) in [7, 11) is 1.92. The van der Waals surface area contributed by atoms with Gasteiger partial charge in [-0.25, -0.2) is 4.98 Å². The summed E-state index contributed by atoms with van der Waals surface area (Å²) in [4.78, 5) is 6.82. The zero-order valence-corrected chi connectivity index (χ0v) is 12.7. The predicted molar refractivity (Wildman–Crippen MR) is 80.8 cm³/mol. The lowest BCUT2D eigenvalue weighted by molar-refractivity contribution is 0.642. The Balaban J connectivity index is 2.18. The van der Waals surface area contributed by atoms with E-state index < -0.39 is 0 Å². The lowest BCUT2D eigenvalue weighted by atomic mass is 10.2. The van der Waals surface area contributed by atoms with Gasteiger partial charge < -0.3 is 10.2 Å². The molecule has 1 aromatic rings. The van der Waals surface area contributed by atoms with Crippen molar-refractivity contribution in [2.24, 2.45) is 0 Å². The molecule has 0 saturated carbocycles. The fourth-order valence-corrected chi connectivity index (χ4v) is 3.62. The highest BCUT2D eigenvalue weighted by molar-refractivity contribution is 8.00. The summed E-state index contributed by atoms with van der Waals surface area (Å²) in [5.41, 5.74) is 1.12. The molecule has 1 aliphatic rings. The number of thioether (sulfide) groups is 1. The Hall–Kier alpha value is -0.450. The second-order valence-electron chi connectivity index (χ2n) is 5.21. The number of nitrogens with zero attached hydrogens (tertiary/aromatic N) is 2. The molecule has 0 aliphatic carbocycles. The summed E-state index contributed by atoms with van der Waals surface area (Å²) in [6.07, 6.45) is 1.91. The number of rotatable bonds is 3. The van der Waals surface area contributed by atoms with Crippen molar-refractivity contribution in [3.63, 3.8) is 0 Å². The number of nitrogens with one attached hydrogen (secondary N) is 1. The topological polar surface area (TPSA) is 28.2 Å². The number of aromatic nitrogens is 1.